The normalized spacial score (nSPS) is 16.6. The average molecular weight is 642 g/mol. The van der Waals surface area contributed by atoms with E-state index >= 15 is 0 Å². The van der Waals surface area contributed by atoms with E-state index in [-0.39, 0.29) is 0 Å². The quantitative estimate of drug-likeness (QED) is 0.109. The van der Waals surface area contributed by atoms with Gasteiger partial charge < -0.3 is 15.0 Å². The molecule has 2 N–H and O–H groups in total. The summed E-state index contributed by atoms with van der Waals surface area (Å²) in [7, 11) is 3.63. The summed E-state index contributed by atoms with van der Waals surface area (Å²) in [4.78, 5) is 1.89. The summed E-state index contributed by atoms with van der Waals surface area (Å²) >= 11 is 0. The molecular weight excluding hydrogens is 602 g/mol. The van der Waals surface area contributed by atoms with Crippen LogP contribution in [0.2, 0.25) is 0 Å². The number of nitrogens with two attached hydrogens (primary N) is 1. The molecule has 4 rings (SSSR count). The predicted octanol–water partition coefficient (Wildman–Crippen LogP) is 9.60. The molecule has 0 atom stereocenters. The summed E-state index contributed by atoms with van der Waals surface area (Å²) in [5.74, 6) is 1.10. The highest BCUT2D eigenvalue weighted by Gasteiger charge is 2.41. The van der Waals surface area contributed by atoms with Gasteiger partial charge in [0.2, 0.25) is 0 Å². The second kappa shape index (κ2) is 13.2. The molecule has 3 aromatic carbocycles. The van der Waals surface area contributed by atoms with Gasteiger partial charge in [0.1, 0.15) is 17.2 Å². The maximum absolute atomic E-state index is 13.5. The highest BCUT2D eigenvalue weighted by atomic mass is 19.4. The monoisotopic (exact) mass is 641 g/mol. The highest BCUT2D eigenvalue weighted by molar-refractivity contribution is 5.71. The summed E-state index contributed by atoms with van der Waals surface area (Å²) in [6.45, 7) is 7.60. The number of halogens is 6. The van der Waals surface area contributed by atoms with Crippen LogP contribution in [-0.4, -0.2) is 14.1 Å². The zero-order chi connectivity index (χ0) is 33.9. The molecule has 0 aliphatic carbocycles. The Hall–Kier alpha value is -4.24. The number of nitrogens with zero attached hydrogens (tertiary/aromatic N) is 1. The van der Waals surface area contributed by atoms with Gasteiger partial charge in [0.05, 0.1) is 18.2 Å². The number of para-hydroxylation sites is 1. The maximum Gasteiger partial charge on any atom is 0.416 e. The number of rotatable bonds is 9. The van der Waals surface area contributed by atoms with E-state index < -0.39 is 34.3 Å². The van der Waals surface area contributed by atoms with Gasteiger partial charge in [0.25, 0.3) is 0 Å². The van der Waals surface area contributed by atoms with Crippen molar-refractivity contribution in [1.29, 1.82) is 0 Å². The van der Waals surface area contributed by atoms with E-state index in [0.717, 1.165) is 23.5 Å². The molecule has 0 saturated heterocycles. The first kappa shape index (κ1) is 34.6. The Morgan fingerprint density at radius 3 is 2.13 bits per heavy atom. The van der Waals surface area contributed by atoms with E-state index in [2.05, 4.69) is 0 Å². The van der Waals surface area contributed by atoms with Gasteiger partial charge in [-0.1, -0.05) is 64.1 Å². The first-order valence-electron chi connectivity index (χ1n) is 14.9. The number of alkyl halides is 6. The summed E-state index contributed by atoms with van der Waals surface area (Å²) < 4.78 is 86.8. The topological polar surface area (TPSA) is 29.1 Å². The van der Waals surface area contributed by atoms with Crippen LogP contribution in [0.5, 0.6) is 5.75 Å². The van der Waals surface area contributed by atoms with Crippen molar-refractivity contribution < 1.29 is 36.4 Å². The smallest absolute Gasteiger partial charge is 0.416 e. The first-order valence-corrected chi connectivity index (χ1v) is 14.9. The zero-order valence-electron chi connectivity index (χ0n) is 26.7. The fraction of sp³-hybridized carbons (Fsp3) is 0.297. The number of quaternary nitrogens is 1. The molecule has 46 heavy (non-hydrogen) atoms. The van der Waals surface area contributed by atoms with E-state index in [9.17, 15) is 26.3 Å². The molecule has 9 heteroatoms. The van der Waals surface area contributed by atoms with Crippen molar-refractivity contribution >= 4 is 11.4 Å². The van der Waals surface area contributed by atoms with Gasteiger partial charge in [0, 0.05) is 29.4 Å². The summed E-state index contributed by atoms with van der Waals surface area (Å²) in [6.07, 6.45) is 2.49. The van der Waals surface area contributed by atoms with Crippen molar-refractivity contribution in [2.75, 3.05) is 19.0 Å². The third kappa shape index (κ3) is 7.76. The molecule has 1 aliphatic rings. The van der Waals surface area contributed by atoms with Gasteiger partial charge in [-0.15, -0.1) is 0 Å². The fourth-order valence-electron chi connectivity index (χ4n) is 5.70. The standard InChI is InChI=1S/C37H38F6N2O/c1-34(2,29-23-25(36(38,39)40)18-20-31(29)44-5)22-11-10-15-28(46-27-13-8-7-9-14-27)16-12-17-33-35(3,4)30-24-26(37(41,42)43)19-21-32(30)45(33)6/h7-21,23-24,44H,22H2,1-6H3/p+1/b11-10+,16-12+,28-15-,33-17+. The lowest BCUT2D eigenvalue weighted by Crippen LogP contribution is -2.73. The minimum absolute atomic E-state index is 0.467. The predicted molar refractivity (Wildman–Crippen MR) is 171 cm³/mol. The number of hydrogen-bond donors (Lipinski definition) is 1. The molecule has 1 aliphatic heterocycles. The van der Waals surface area contributed by atoms with Crippen molar-refractivity contribution in [2.45, 2.75) is 57.3 Å². The average Bonchev–Trinajstić information content (AvgIpc) is 3.18. The first-order chi connectivity index (χ1) is 21.4. The Morgan fingerprint density at radius 1 is 0.870 bits per heavy atom. The second-order valence-corrected chi connectivity index (χ2v) is 12.4. The number of anilines is 1. The second-order valence-electron chi connectivity index (χ2n) is 12.4. The van der Waals surface area contributed by atoms with Crippen molar-refractivity contribution in [2.24, 2.45) is 0 Å². The van der Waals surface area contributed by atoms with Crippen molar-refractivity contribution in [3.8, 4) is 5.75 Å². The Bertz CT molecular complexity index is 1660. The van der Waals surface area contributed by atoms with Crippen LogP contribution in [0.3, 0.4) is 0 Å². The molecule has 0 spiro atoms. The van der Waals surface area contributed by atoms with Crippen molar-refractivity contribution in [3.63, 3.8) is 0 Å². The highest BCUT2D eigenvalue weighted by Crippen LogP contribution is 2.48. The minimum Gasteiger partial charge on any atom is -0.457 e. The molecule has 1 heterocycles. The van der Waals surface area contributed by atoms with Crippen molar-refractivity contribution in [3.05, 3.63) is 137 Å². The molecule has 0 radical (unpaired) electrons. The Kier molecular flexibility index (Phi) is 9.97. The maximum atomic E-state index is 13.5. The van der Waals surface area contributed by atoms with E-state index in [1.165, 1.54) is 24.3 Å². The summed E-state index contributed by atoms with van der Waals surface area (Å²) in [5, 5.41) is 1.81. The molecule has 3 nitrogen and oxygen atoms in total. The minimum atomic E-state index is -4.43. The van der Waals surface area contributed by atoms with Crippen LogP contribution in [0.4, 0.5) is 37.7 Å². The van der Waals surface area contributed by atoms with Gasteiger partial charge in [-0.05, 0) is 84.2 Å². The third-order valence-corrected chi connectivity index (χ3v) is 8.30. The van der Waals surface area contributed by atoms with E-state index in [1.54, 1.807) is 31.4 Å². The van der Waals surface area contributed by atoms with Crippen molar-refractivity contribution in [1.82, 2.24) is 0 Å². The molecule has 244 valence electrons. The number of allylic oxidation sites excluding steroid dienone is 7. The SMILES string of the molecule is C[NH2+]c1ccc(C(F)(F)F)cc1C(C)(C)C/C=C/C=C(/C=C/C=C1/N(C)c2ccc(C(F)(F)F)cc2C1(C)C)Oc1ccccc1. The van der Waals surface area contributed by atoms with E-state index in [1.807, 2.05) is 87.4 Å². The fourth-order valence-corrected chi connectivity index (χ4v) is 5.70. The molecule has 3 aromatic rings. The molecular formula is C37H39F6N2O+. The van der Waals surface area contributed by atoms with Crippen LogP contribution in [-0.2, 0) is 23.2 Å². The molecule has 0 fully saturated rings. The lowest BCUT2D eigenvalue weighted by Gasteiger charge is -2.25. The van der Waals surface area contributed by atoms with E-state index in [0.29, 0.717) is 34.7 Å². The largest absolute Gasteiger partial charge is 0.457 e. The van der Waals surface area contributed by atoms with Gasteiger partial charge in [-0.25, -0.2) is 0 Å². The number of benzene rings is 3. The summed E-state index contributed by atoms with van der Waals surface area (Å²) in [5.41, 5.74) is 0.858. The molecule has 0 bridgehead atoms. The van der Waals surface area contributed by atoms with Crippen LogP contribution >= 0.6 is 0 Å². The lowest BCUT2D eigenvalue weighted by atomic mass is 9.79. The Balaban J connectivity index is 1.60. The Labute approximate surface area is 266 Å². The van der Waals surface area contributed by atoms with Crippen LogP contribution in [0.25, 0.3) is 0 Å². The molecule has 0 unspecified atom stereocenters. The van der Waals surface area contributed by atoms with Crippen LogP contribution in [0.15, 0.2) is 115 Å². The van der Waals surface area contributed by atoms with Gasteiger partial charge >= 0.3 is 12.4 Å². The number of likely N-dealkylation sites (N-methyl/N-ethyl adjacent to an activating group) is 1. The summed E-state index contributed by atoms with van der Waals surface area (Å²) in [6, 6.07) is 16.8. The van der Waals surface area contributed by atoms with Crippen LogP contribution in [0.1, 0.15) is 56.4 Å². The third-order valence-electron chi connectivity index (χ3n) is 8.30. The van der Waals surface area contributed by atoms with Crippen LogP contribution < -0.4 is 15.0 Å². The zero-order valence-corrected chi connectivity index (χ0v) is 26.7. The molecule has 0 amide bonds. The van der Waals surface area contributed by atoms with Gasteiger partial charge in [-0.3, -0.25) is 0 Å². The van der Waals surface area contributed by atoms with Gasteiger partial charge in [-0.2, -0.15) is 26.3 Å². The van der Waals surface area contributed by atoms with Crippen LogP contribution in [0, 0.1) is 0 Å². The van der Waals surface area contributed by atoms with E-state index in [4.69, 9.17) is 4.74 Å². The van der Waals surface area contributed by atoms with Gasteiger partial charge in [0.15, 0.2) is 0 Å². The lowest BCUT2D eigenvalue weighted by molar-refractivity contribution is -0.540. The molecule has 0 saturated carbocycles. The Morgan fingerprint density at radius 2 is 1.50 bits per heavy atom. The molecule has 0 aromatic heterocycles. The number of ether oxygens (including phenoxy) is 1. The number of fused-ring (bicyclic) bond motifs is 1. The number of hydrogen-bond acceptors (Lipinski definition) is 2.